The summed E-state index contributed by atoms with van der Waals surface area (Å²) in [6.07, 6.45) is 0. The summed E-state index contributed by atoms with van der Waals surface area (Å²) < 4.78 is 39.5. The monoisotopic (exact) mass is 401 g/mol. The van der Waals surface area contributed by atoms with Crippen LogP contribution in [0, 0.1) is 15.9 Å². The summed E-state index contributed by atoms with van der Waals surface area (Å²) in [6.45, 7) is 1.33. The minimum absolute atomic E-state index is 0.0278. The van der Waals surface area contributed by atoms with Crippen LogP contribution in [0.2, 0.25) is 0 Å². The van der Waals surface area contributed by atoms with Crippen LogP contribution in [-0.4, -0.2) is 36.6 Å². The average molecular weight is 401 g/mol. The second kappa shape index (κ2) is 8.34. The SMILES string of the molecule is CCN(CC(=O)NCc1cccs1)S(=O)(=O)c1ccc(F)c([N+](=O)[O-])c1. The third-order valence-electron chi connectivity index (χ3n) is 3.46. The van der Waals surface area contributed by atoms with Crippen LogP contribution in [0.4, 0.5) is 10.1 Å². The number of sulfonamides is 1. The highest BCUT2D eigenvalue weighted by atomic mass is 32.2. The third kappa shape index (κ3) is 4.62. The molecule has 140 valence electrons. The minimum Gasteiger partial charge on any atom is -0.350 e. The molecule has 1 N–H and O–H groups in total. The summed E-state index contributed by atoms with van der Waals surface area (Å²) in [7, 11) is -4.19. The zero-order chi connectivity index (χ0) is 19.3. The number of nitrogens with one attached hydrogen (secondary N) is 1. The molecule has 0 fully saturated rings. The van der Waals surface area contributed by atoms with E-state index in [1.807, 2.05) is 17.5 Å². The first-order valence-electron chi connectivity index (χ1n) is 7.49. The van der Waals surface area contributed by atoms with Crippen molar-refractivity contribution in [2.24, 2.45) is 0 Å². The molecule has 0 aliphatic heterocycles. The predicted octanol–water partition coefficient (Wildman–Crippen LogP) is 2.12. The van der Waals surface area contributed by atoms with Gasteiger partial charge in [-0.05, 0) is 23.6 Å². The molecular weight excluding hydrogens is 385 g/mol. The standard InChI is InChI=1S/C15H16FN3O5S2/c1-2-18(10-15(20)17-9-11-4-3-7-25-11)26(23,24)12-5-6-13(16)14(8-12)19(21)22/h3-8H,2,9-10H2,1H3,(H,17,20). The minimum atomic E-state index is -4.19. The second-order valence-corrected chi connectivity index (χ2v) is 8.13. The fraction of sp³-hybridized carbons (Fsp3) is 0.267. The van der Waals surface area contributed by atoms with E-state index in [0.29, 0.717) is 6.07 Å². The Morgan fingerprint density at radius 3 is 2.69 bits per heavy atom. The first-order valence-corrected chi connectivity index (χ1v) is 9.81. The van der Waals surface area contributed by atoms with Crippen molar-refractivity contribution in [2.45, 2.75) is 18.4 Å². The van der Waals surface area contributed by atoms with Crippen molar-refractivity contribution in [1.82, 2.24) is 9.62 Å². The highest BCUT2D eigenvalue weighted by Gasteiger charge is 2.28. The van der Waals surface area contributed by atoms with Gasteiger partial charge in [0.15, 0.2) is 0 Å². The summed E-state index contributed by atoms with van der Waals surface area (Å²) in [5, 5.41) is 15.3. The van der Waals surface area contributed by atoms with Crippen molar-refractivity contribution >= 4 is 33.0 Å². The van der Waals surface area contributed by atoms with Crippen LogP contribution in [0.15, 0.2) is 40.6 Å². The van der Waals surface area contributed by atoms with Gasteiger partial charge in [-0.1, -0.05) is 13.0 Å². The molecule has 0 saturated carbocycles. The lowest BCUT2D eigenvalue weighted by Crippen LogP contribution is -2.40. The van der Waals surface area contributed by atoms with Gasteiger partial charge in [0, 0.05) is 17.5 Å². The van der Waals surface area contributed by atoms with Gasteiger partial charge in [-0.15, -0.1) is 11.3 Å². The first kappa shape index (κ1) is 19.9. The van der Waals surface area contributed by atoms with Crippen molar-refractivity contribution in [3.8, 4) is 0 Å². The lowest BCUT2D eigenvalue weighted by molar-refractivity contribution is -0.387. The molecule has 0 atom stereocenters. The second-order valence-electron chi connectivity index (χ2n) is 5.16. The van der Waals surface area contributed by atoms with E-state index in [9.17, 15) is 27.7 Å². The van der Waals surface area contributed by atoms with Crippen LogP contribution < -0.4 is 5.32 Å². The van der Waals surface area contributed by atoms with Gasteiger partial charge in [0.1, 0.15) is 0 Å². The summed E-state index contributed by atoms with van der Waals surface area (Å²) in [4.78, 5) is 22.3. The molecule has 26 heavy (non-hydrogen) atoms. The number of hydrogen-bond acceptors (Lipinski definition) is 6. The zero-order valence-electron chi connectivity index (χ0n) is 13.7. The van der Waals surface area contributed by atoms with E-state index in [1.165, 1.54) is 18.3 Å². The Hall–Kier alpha value is -2.37. The van der Waals surface area contributed by atoms with Crippen LogP contribution in [0.3, 0.4) is 0 Å². The summed E-state index contributed by atoms with van der Waals surface area (Å²) in [6, 6.07) is 5.96. The number of hydrogen-bond donors (Lipinski definition) is 1. The normalized spacial score (nSPS) is 11.5. The number of carbonyl (C=O) groups is 1. The molecule has 1 amide bonds. The highest BCUT2D eigenvalue weighted by molar-refractivity contribution is 7.89. The number of amides is 1. The number of benzene rings is 1. The van der Waals surface area contributed by atoms with E-state index in [4.69, 9.17) is 0 Å². The molecule has 0 radical (unpaired) electrons. The Bertz CT molecular complexity index is 900. The number of rotatable bonds is 8. The Balaban J connectivity index is 2.15. The molecule has 2 rings (SSSR count). The Kier molecular flexibility index (Phi) is 6.40. The van der Waals surface area contributed by atoms with Gasteiger partial charge < -0.3 is 5.32 Å². The zero-order valence-corrected chi connectivity index (χ0v) is 15.3. The third-order valence-corrected chi connectivity index (χ3v) is 6.26. The van der Waals surface area contributed by atoms with Crippen LogP contribution in [0.25, 0.3) is 0 Å². The molecule has 0 aliphatic rings. The lowest BCUT2D eigenvalue weighted by Gasteiger charge is -2.20. The van der Waals surface area contributed by atoms with Crippen molar-refractivity contribution in [1.29, 1.82) is 0 Å². The molecule has 11 heteroatoms. The highest BCUT2D eigenvalue weighted by Crippen LogP contribution is 2.23. The quantitative estimate of drug-likeness (QED) is 0.538. The van der Waals surface area contributed by atoms with E-state index < -0.39 is 43.8 Å². The molecule has 1 aromatic carbocycles. The molecule has 0 bridgehead atoms. The molecular formula is C15H16FN3O5S2. The van der Waals surface area contributed by atoms with Crippen LogP contribution >= 0.6 is 11.3 Å². The van der Waals surface area contributed by atoms with Crippen LogP contribution in [0.5, 0.6) is 0 Å². The molecule has 8 nitrogen and oxygen atoms in total. The largest absolute Gasteiger partial charge is 0.350 e. The van der Waals surface area contributed by atoms with Crippen molar-refractivity contribution in [3.05, 3.63) is 56.5 Å². The van der Waals surface area contributed by atoms with Gasteiger partial charge in [0.05, 0.1) is 22.9 Å². The molecule has 0 aliphatic carbocycles. The van der Waals surface area contributed by atoms with E-state index in [0.717, 1.165) is 21.3 Å². The van der Waals surface area contributed by atoms with Gasteiger partial charge in [-0.25, -0.2) is 8.42 Å². The lowest BCUT2D eigenvalue weighted by atomic mass is 10.3. The molecule has 0 saturated heterocycles. The number of carbonyl (C=O) groups excluding carboxylic acids is 1. The summed E-state index contributed by atoms with van der Waals surface area (Å²) in [5.41, 5.74) is -0.940. The van der Waals surface area contributed by atoms with Crippen LogP contribution in [0.1, 0.15) is 11.8 Å². The number of thiophene rings is 1. The molecule has 0 unspecified atom stereocenters. The molecule has 0 spiro atoms. The maximum absolute atomic E-state index is 13.4. The number of likely N-dealkylation sites (N-methyl/N-ethyl adjacent to an activating group) is 1. The predicted molar refractivity (Wildman–Crippen MR) is 93.7 cm³/mol. The smallest absolute Gasteiger partial charge is 0.306 e. The van der Waals surface area contributed by atoms with E-state index in [1.54, 1.807) is 0 Å². The van der Waals surface area contributed by atoms with Gasteiger partial charge >= 0.3 is 5.69 Å². The number of nitrogens with zero attached hydrogens (tertiary/aromatic N) is 2. The van der Waals surface area contributed by atoms with E-state index in [-0.39, 0.29) is 13.1 Å². The molecule has 1 aromatic heterocycles. The fourth-order valence-electron chi connectivity index (χ4n) is 2.12. The number of nitro benzene ring substituents is 1. The molecule has 1 heterocycles. The number of nitro groups is 1. The first-order chi connectivity index (χ1) is 12.3. The van der Waals surface area contributed by atoms with Crippen molar-refractivity contribution in [3.63, 3.8) is 0 Å². The van der Waals surface area contributed by atoms with E-state index in [2.05, 4.69) is 5.32 Å². The van der Waals surface area contributed by atoms with Gasteiger partial charge in [0.2, 0.25) is 21.7 Å². The van der Waals surface area contributed by atoms with E-state index >= 15 is 0 Å². The maximum atomic E-state index is 13.4. The van der Waals surface area contributed by atoms with Crippen molar-refractivity contribution in [2.75, 3.05) is 13.1 Å². The average Bonchev–Trinajstić information content (AvgIpc) is 3.11. The van der Waals surface area contributed by atoms with Gasteiger partial charge in [0.25, 0.3) is 0 Å². The summed E-state index contributed by atoms with van der Waals surface area (Å²) in [5.74, 6) is -1.65. The maximum Gasteiger partial charge on any atom is 0.306 e. The molecule has 2 aromatic rings. The number of halogens is 1. The van der Waals surface area contributed by atoms with Gasteiger partial charge in [-0.2, -0.15) is 8.70 Å². The fourth-order valence-corrected chi connectivity index (χ4v) is 4.19. The summed E-state index contributed by atoms with van der Waals surface area (Å²) >= 11 is 1.45. The Labute approximate surface area is 153 Å². The van der Waals surface area contributed by atoms with Crippen LogP contribution in [-0.2, 0) is 21.4 Å². The topological polar surface area (TPSA) is 110 Å². The van der Waals surface area contributed by atoms with Crippen molar-refractivity contribution < 1.29 is 22.5 Å². The Morgan fingerprint density at radius 2 is 2.12 bits per heavy atom. The van der Waals surface area contributed by atoms with Gasteiger partial charge in [-0.3, -0.25) is 14.9 Å². The Morgan fingerprint density at radius 1 is 1.38 bits per heavy atom.